The number of ether oxygens (including phenoxy) is 1. The van der Waals surface area contributed by atoms with Gasteiger partial charge in [0.2, 0.25) is 0 Å². The molecule has 0 bridgehead atoms. The van der Waals surface area contributed by atoms with Gasteiger partial charge in [0.15, 0.2) is 5.13 Å². The van der Waals surface area contributed by atoms with E-state index in [0.29, 0.717) is 0 Å². The van der Waals surface area contributed by atoms with E-state index in [1.165, 1.54) is 5.38 Å². The molecule has 0 aliphatic heterocycles. The van der Waals surface area contributed by atoms with E-state index < -0.39 is 24.0 Å². The normalized spacial score (nSPS) is 13.0. The summed E-state index contributed by atoms with van der Waals surface area (Å²) in [6.07, 6.45) is -0.430. The lowest BCUT2D eigenvalue weighted by Crippen LogP contribution is -2.40. The number of nitrogens with zero attached hydrogens (tertiary/aromatic N) is 1. The molecule has 164 valence electrons. The van der Waals surface area contributed by atoms with Crippen molar-refractivity contribution in [3.8, 4) is 11.1 Å². The summed E-state index contributed by atoms with van der Waals surface area (Å²) in [7, 11) is 0. The van der Waals surface area contributed by atoms with Crippen LogP contribution in [0.25, 0.3) is 11.1 Å². The van der Waals surface area contributed by atoms with Gasteiger partial charge in [-0.05, 0) is 28.7 Å². The van der Waals surface area contributed by atoms with Gasteiger partial charge in [-0.15, -0.1) is 11.3 Å². The van der Waals surface area contributed by atoms with Crippen molar-refractivity contribution in [2.75, 3.05) is 11.9 Å². The predicted octanol–water partition coefficient (Wildman–Crippen LogP) is 4.10. The second-order valence-electron chi connectivity index (χ2n) is 7.26. The number of aliphatic carboxylic acids is 1. The Morgan fingerprint density at radius 1 is 1.09 bits per heavy atom. The fourth-order valence-electron chi connectivity index (χ4n) is 3.73. The third kappa shape index (κ3) is 4.33. The van der Waals surface area contributed by atoms with E-state index in [4.69, 9.17) is 9.84 Å². The maximum atomic E-state index is 12.3. The Kier molecular flexibility index (Phi) is 6.18. The zero-order valence-corrected chi connectivity index (χ0v) is 18.0. The molecule has 2 amide bonds. The number of aromatic nitrogens is 1. The predicted molar refractivity (Wildman–Crippen MR) is 120 cm³/mol. The van der Waals surface area contributed by atoms with Gasteiger partial charge >= 0.3 is 12.1 Å². The van der Waals surface area contributed by atoms with Gasteiger partial charge in [0.05, 0.1) is 0 Å². The Labute approximate surface area is 188 Å². The lowest BCUT2D eigenvalue weighted by Gasteiger charge is -2.14. The Morgan fingerprint density at radius 3 is 2.31 bits per heavy atom. The van der Waals surface area contributed by atoms with Crippen molar-refractivity contribution in [3.63, 3.8) is 0 Å². The molecule has 0 saturated carbocycles. The Balaban J connectivity index is 1.37. The van der Waals surface area contributed by atoms with Gasteiger partial charge in [0.25, 0.3) is 5.91 Å². The zero-order chi connectivity index (χ0) is 22.7. The molecule has 1 aliphatic carbocycles. The third-order valence-corrected chi connectivity index (χ3v) is 6.06. The van der Waals surface area contributed by atoms with Crippen LogP contribution in [0.1, 0.15) is 40.9 Å². The van der Waals surface area contributed by atoms with Gasteiger partial charge in [0.1, 0.15) is 18.3 Å². The highest BCUT2D eigenvalue weighted by Crippen LogP contribution is 2.44. The average molecular weight is 452 g/mol. The van der Waals surface area contributed by atoms with E-state index in [-0.39, 0.29) is 29.8 Å². The molecule has 3 N–H and O–H groups in total. The van der Waals surface area contributed by atoms with Crippen LogP contribution in [0.4, 0.5) is 9.93 Å². The molecular weight excluding hydrogens is 430 g/mol. The van der Waals surface area contributed by atoms with E-state index in [2.05, 4.69) is 27.8 Å². The quantitative estimate of drug-likeness (QED) is 0.498. The smallest absolute Gasteiger partial charge is 0.413 e. The molecule has 8 nitrogen and oxygen atoms in total. The summed E-state index contributed by atoms with van der Waals surface area (Å²) in [5.41, 5.74) is 4.53. The molecule has 4 rings (SSSR count). The zero-order valence-electron chi connectivity index (χ0n) is 17.2. The second-order valence-corrected chi connectivity index (χ2v) is 8.12. The number of nitrogens with one attached hydrogen (secondary N) is 2. The Morgan fingerprint density at radius 2 is 1.72 bits per heavy atom. The molecule has 1 heterocycles. The fourth-order valence-corrected chi connectivity index (χ4v) is 4.40. The van der Waals surface area contributed by atoms with Crippen LogP contribution < -0.4 is 10.6 Å². The van der Waals surface area contributed by atoms with Gasteiger partial charge in [-0.2, -0.15) is 0 Å². The fraction of sp³-hybridized carbons (Fsp3) is 0.217. The van der Waals surface area contributed by atoms with Gasteiger partial charge in [-0.1, -0.05) is 55.5 Å². The summed E-state index contributed by atoms with van der Waals surface area (Å²) >= 11 is 1.05. The molecule has 0 spiro atoms. The Hall–Kier alpha value is -3.72. The van der Waals surface area contributed by atoms with Gasteiger partial charge in [-0.3, -0.25) is 10.1 Å². The average Bonchev–Trinajstić information content (AvgIpc) is 3.38. The number of carboxylic acid groups (broad SMARTS) is 1. The number of thiazole rings is 1. The van der Waals surface area contributed by atoms with Crippen LogP contribution in [0.5, 0.6) is 0 Å². The van der Waals surface area contributed by atoms with Crippen LogP contribution in [-0.4, -0.2) is 40.7 Å². The second kappa shape index (κ2) is 9.19. The van der Waals surface area contributed by atoms with E-state index in [1.54, 1.807) is 6.92 Å². The number of carboxylic acids is 1. The van der Waals surface area contributed by atoms with Crippen molar-refractivity contribution < 1.29 is 24.2 Å². The van der Waals surface area contributed by atoms with Crippen molar-refractivity contribution in [1.82, 2.24) is 10.3 Å². The molecule has 1 aliphatic rings. The number of rotatable bonds is 7. The summed E-state index contributed by atoms with van der Waals surface area (Å²) in [5, 5.41) is 15.6. The number of benzene rings is 2. The number of carbonyl (C=O) groups excluding carboxylic acids is 2. The Bertz CT molecular complexity index is 1130. The summed E-state index contributed by atoms with van der Waals surface area (Å²) in [6.45, 7) is 1.82. The van der Waals surface area contributed by atoms with Gasteiger partial charge in [-0.25, -0.2) is 14.6 Å². The van der Waals surface area contributed by atoms with Crippen LogP contribution >= 0.6 is 11.3 Å². The van der Waals surface area contributed by atoms with Crippen molar-refractivity contribution in [2.24, 2.45) is 0 Å². The first-order chi connectivity index (χ1) is 15.5. The highest BCUT2D eigenvalue weighted by atomic mass is 32.1. The van der Waals surface area contributed by atoms with E-state index >= 15 is 0 Å². The molecule has 3 aromatic rings. The lowest BCUT2D eigenvalue weighted by molar-refractivity contribution is -0.139. The van der Waals surface area contributed by atoms with Crippen LogP contribution in [0, 0.1) is 0 Å². The van der Waals surface area contributed by atoms with Crippen molar-refractivity contribution in [3.05, 3.63) is 70.7 Å². The monoisotopic (exact) mass is 451 g/mol. The summed E-state index contributed by atoms with van der Waals surface area (Å²) < 4.78 is 5.47. The number of amides is 2. The number of hydrogen-bond donors (Lipinski definition) is 3. The molecule has 1 aromatic heterocycles. The minimum Gasteiger partial charge on any atom is -0.480 e. The molecule has 2 aromatic carbocycles. The standard InChI is InChI=1S/C23H21N3O5S/c1-2-18(21(28)29)24-20(27)19-12-32-22(25-19)26-23(30)31-11-17-15-9-5-3-7-13(15)14-8-4-6-10-16(14)17/h3-10,12,17-18H,2,11H2,1H3,(H,24,27)(H,28,29)(H,25,26,30)/t18-/m0/s1. The van der Waals surface area contributed by atoms with Crippen molar-refractivity contribution in [2.45, 2.75) is 25.3 Å². The topological polar surface area (TPSA) is 118 Å². The molecule has 0 fully saturated rings. The van der Waals surface area contributed by atoms with Crippen LogP contribution in [0.2, 0.25) is 0 Å². The number of anilines is 1. The molecule has 0 unspecified atom stereocenters. The van der Waals surface area contributed by atoms with Crippen LogP contribution in [-0.2, 0) is 9.53 Å². The lowest BCUT2D eigenvalue weighted by atomic mass is 9.98. The minimum absolute atomic E-state index is 0.0312. The summed E-state index contributed by atoms with van der Waals surface area (Å²) in [6, 6.07) is 15.1. The van der Waals surface area contributed by atoms with E-state index in [9.17, 15) is 14.4 Å². The maximum Gasteiger partial charge on any atom is 0.413 e. The number of hydrogen-bond acceptors (Lipinski definition) is 6. The van der Waals surface area contributed by atoms with Gasteiger partial charge in [0, 0.05) is 11.3 Å². The molecule has 0 saturated heterocycles. The van der Waals surface area contributed by atoms with E-state index in [0.717, 1.165) is 33.6 Å². The molecule has 0 radical (unpaired) electrons. The van der Waals surface area contributed by atoms with E-state index in [1.807, 2.05) is 36.4 Å². The molecular formula is C23H21N3O5S. The molecule has 32 heavy (non-hydrogen) atoms. The SMILES string of the molecule is CC[C@H](NC(=O)c1csc(NC(=O)OCC2c3ccccc3-c3ccccc32)n1)C(=O)O. The van der Waals surface area contributed by atoms with Crippen LogP contribution in [0.3, 0.4) is 0 Å². The highest BCUT2D eigenvalue weighted by Gasteiger charge is 2.29. The first-order valence-electron chi connectivity index (χ1n) is 10.1. The summed E-state index contributed by atoms with van der Waals surface area (Å²) in [5.74, 6) is -1.79. The maximum absolute atomic E-state index is 12.3. The largest absolute Gasteiger partial charge is 0.480 e. The van der Waals surface area contributed by atoms with Crippen molar-refractivity contribution >= 4 is 34.4 Å². The first-order valence-corrected chi connectivity index (χ1v) is 11.0. The summed E-state index contributed by atoms with van der Waals surface area (Å²) in [4.78, 5) is 39.6. The highest BCUT2D eigenvalue weighted by molar-refractivity contribution is 7.14. The molecule has 9 heteroatoms. The van der Waals surface area contributed by atoms with Gasteiger partial charge < -0.3 is 15.2 Å². The molecule has 1 atom stereocenters. The first kappa shape index (κ1) is 21.5. The number of fused-ring (bicyclic) bond motifs is 3. The minimum atomic E-state index is -1.12. The third-order valence-electron chi connectivity index (χ3n) is 5.30. The number of carbonyl (C=O) groups is 3. The van der Waals surface area contributed by atoms with Crippen molar-refractivity contribution in [1.29, 1.82) is 0 Å². The van der Waals surface area contributed by atoms with Crippen LogP contribution in [0.15, 0.2) is 53.9 Å².